The maximum Gasteiger partial charge on any atom is 0.255 e. The topological polar surface area (TPSA) is 85.1 Å². The predicted octanol–water partition coefficient (Wildman–Crippen LogP) is 3.27. The number of primary amides is 1. The quantitative estimate of drug-likeness (QED) is 0.683. The van der Waals surface area contributed by atoms with Gasteiger partial charge in [0.15, 0.2) is 4.34 Å². The Morgan fingerprint density at radius 3 is 2.83 bits per heavy atom. The highest BCUT2D eigenvalue weighted by Crippen LogP contribution is 2.31. The first-order valence-corrected chi connectivity index (χ1v) is 8.70. The van der Waals surface area contributed by atoms with Crippen molar-refractivity contribution in [2.24, 2.45) is 5.73 Å². The number of aromatic nitrogens is 1. The number of anilines is 1. The summed E-state index contributed by atoms with van der Waals surface area (Å²) in [5.41, 5.74) is 6.73. The van der Waals surface area contributed by atoms with E-state index in [0.29, 0.717) is 5.69 Å². The number of halogens is 1. The van der Waals surface area contributed by atoms with Crippen LogP contribution in [0.4, 0.5) is 10.1 Å². The number of thiazole rings is 1. The fourth-order valence-corrected chi connectivity index (χ4v) is 3.86. The molecule has 5 nitrogen and oxygen atoms in total. The summed E-state index contributed by atoms with van der Waals surface area (Å²) in [5, 5.41) is 2.73. The SMILES string of the molecule is NC(=O)CSc1nc2ccc(NC(=O)c3cccc(F)c3)cc2s1. The minimum absolute atomic E-state index is 0.170. The van der Waals surface area contributed by atoms with Crippen molar-refractivity contribution in [1.29, 1.82) is 0 Å². The highest BCUT2D eigenvalue weighted by atomic mass is 32.2. The molecule has 1 aromatic heterocycles. The summed E-state index contributed by atoms with van der Waals surface area (Å²) in [5.74, 6) is -1.08. The molecule has 1 heterocycles. The number of amides is 2. The molecule has 0 radical (unpaired) electrons. The number of carbonyl (C=O) groups excluding carboxylic acids is 2. The molecule has 0 aliphatic heterocycles. The van der Waals surface area contributed by atoms with Gasteiger partial charge in [-0.05, 0) is 36.4 Å². The molecule has 3 N–H and O–H groups in total. The number of fused-ring (bicyclic) bond motifs is 1. The number of benzene rings is 2. The van der Waals surface area contributed by atoms with Gasteiger partial charge in [-0.3, -0.25) is 9.59 Å². The smallest absolute Gasteiger partial charge is 0.255 e. The van der Waals surface area contributed by atoms with E-state index in [1.165, 1.54) is 41.3 Å². The average Bonchev–Trinajstić information content (AvgIpc) is 2.95. The summed E-state index contributed by atoms with van der Waals surface area (Å²) in [7, 11) is 0. The van der Waals surface area contributed by atoms with Gasteiger partial charge < -0.3 is 11.1 Å². The molecule has 0 saturated carbocycles. The lowest BCUT2D eigenvalue weighted by Gasteiger charge is -2.05. The van der Waals surface area contributed by atoms with Crippen molar-refractivity contribution in [2.75, 3.05) is 11.1 Å². The Morgan fingerprint density at radius 2 is 2.08 bits per heavy atom. The van der Waals surface area contributed by atoms with Crippen LogP contribution in [0, 0.1) is 5.82 Å². The maximum atomic E-state index is 13.2. The molecular weight excluding hydrogens is 349 g/mol. The van der Waals surface area contributed by atoms with Gasteiger partial charge in [-0.2, -0.15) is 0 Å². The number of thioether (sulfide) groups is 1. The van der Waals surface area contributed by atoms with E-state index >= 15 is 0 Å². The minimum atomic E-state index is -0.461. The van der Waals surface area contributed by atoms with E-state index in [-0.39, 0.29) is 17.2 Å². The fraction of sp³-hybridized carbons (Fsp3) is 0.0625. The van der Waals surface area contributed by atoms with E-state index in [1.807, 2.05) is 0 Å². The van der Waals surface area contributed by atoms with E-state index in [9.17, 15) is 14.0 Å². The van der Waals surface area contributed by atoms with Crippen molar-refractivity contribution in [1.82, 2.24) is 4.98 Å². The summed E-state index contributed by atoms with van der Waals surface area (Å²) in [6.45, 7) is 0. The lowest BCUT2D eigenvalue weighted by molar-refractivity contribution is -0.115. The van der Waals surface area contributed by atoms with Gasteiger partial charge in [0.2, 0.25) is 5.91 Å². The lowest BCUT2D eigenvalue weighted by atomic mass is 10.2. The Morgan fingerprint density at radius 1 is 1.25 bits per heavy atom. The lowest BCUT2D eigenvalue weighted by Crippen LogP contribution is -2.12. The number of rotatable bonds is 5. The Hall–Kier alpha value is -2.45. The van der Waals surface area contributed by atoms with Gasteiger partial charge in [0.05, 0.1) is 16.0 Å². The second kappa shape index (κ2) is 6.98. The Balaban J connectivity index is 1.77. The predicted molar refractivity (Wildman–Crippen MR) is 93.9 cm³/mol. The largest absolute Gasteiger partial charge is 0.369 e. The molecule has 0 aliphatic carbocycles. The van der Waals surface area contributed by atoms with Crippen LogP contribution in [0.15, 0.2) is 46.8 Å². The standard InChI is InChI=1S/C16H12FN3O2S2/c17-10-3-1-2-9(6-10)15(22)19-11-4-5-12-13(7-11)24-16(20-12)23-8-14(18)21/h1-7H,8H2,(H2,18,21)(H,19,22). The van der Waals surface area contributed by atoms with Crippen LogP contribution in [0.3, 0.4) is 0 Å². The maximum absolute atomic E-state index is 13.2. The Labute approximate surface area is 145 Å². The molecule has 3 aromatic rings. The molecule has 0 aliphatic rings. The molecule has 0 fully saturated rings. The van der Waals surface area contributed by atoms with Crippen molar-refractivity contribution in [3.05, 3.63) is 53.8 Å². The van der Waals surface area contributed by atoms with Crippen LogP contribution in [0.1, 0.15) is 10.4 Å². The summed E-state index contributed by atoms with van der Waals surface area (Å²) < 4.78 is 14.8. The van der Waals surface area contributed by atoms with Crippen molar-refractivity contribution < 1.29 is 14.0 Å². The normalized spacial score (nSPS) is 10.7. The van der Waals surface area contributed by atoms with E-state index in [4.69, 9.17) is 5.73 Å². The number of nitrogens with two attached hydrogens (primary N) is 1. The van der Waals surface area contributed by atoms with Crippen LogP contribution in [-0.2, 0) is 4.79 Å². The highest BCUT2D eigenvalue weighted by Gasteiger charge is 2.10. The van der Waals surface area contributed by atoms with Crippen LogP contribution in [0.2, 0.25) is 0 Å². The van der Waals surface area contributed by atoms with E-state index in [0.717, 1.165) is 14.6 Å². The molecule has 0 saturated heterocycles. The summed E-state index contributed by atoms with van der Waals surface area (Å²) >= 11 is 2.69. The van der Waals surface area contributed by atoms with E-state index < -0.39 is 11.7 Å². The van der Waals surface area contributed by atoms with Crippen LogP contribution < -0.4 is 11.1 Å². The highest BCUT2D eigenvalue weighted by molar-refractivity contribution is 8.01. The molecule has 2 amide bonds. The molecule has 0 unspecified atom stereocenters. The first kappa shape index (κ1) is 16.4. The van der Waals surface area contributed by atoms with Gasteiger partial charge in [-0.15, -0.1) is 11.3 Å². The molecule has 8 heteroatoms. The van der Waals surface area contributed by atoms with Gasteiger partial charge in [-0.1, -0.05) is 17.8 Å². The number of carbonyl (C=O) groups is 2. The second-order valence-electron chi connectivity index (χ2n) is 4.88. The Bertz CT molecular complexity index is 927. The molecule has 24 heavy (non-hydrogen) atoms. The average molecular weight is 361 g/mol. The van der Waals surface area contributed by atoms with Gasteiger partial charge in [-0.25, -0.2) is 9.37 Å². The second-order valence-corrected chi connectivity index (χ2v) is 7.13. The van der Waals surface area contributed by atoms with E-state index in [1.54, 1.807) is 24.3 Å². The summed E-state index contributed by atoms with van der Waals surface area (Å²) in [6, 6.07) is 10.8. The molecule has 122 valence electrons. The van der Waals surface area contributed by atoms with Crippen molar-refractivity contribution in [3.63, 3.8) is 0 Å². The zero-order valence-corrected chi connectivity index (χ0v) is 13.9. The molecule has 3 rings (SSSR count). The van der Waals surface area contributed by atoms with Crippen LogP contribution in [0.25, 0.3) is 10.2 Å². The molecule has 0 bridgehead atoms. The summed E-state index contributed by atoms with van der Waals surface area (Å²) in [4.78, 5) is 27.4. The number of hydrogen-bond donors (Lipinski definition) is 2. The number of hydrogen-bond acceptors (Lipinski definition) is 5. The number of nitrogens with zero attached hydrogens (tertiary/aromatic N) is 1. The molecular formula is C16H12FN3O2S2. The molecule has 0 atom stereocenters. The third-order valence-corrected chi connectivity index (χ3v) is 5.23. The number of nitrogens with one attached hydrogen (secondary N) is 1. The molecule has 2 aromatic carbocycles. The zero-order valence-electron chi connectivity index (χ0n) is 12.3. The Kier molecular flexibility index (Phi) is 4.77. The van der Waals surface area contributed by atoms with Crippen LogP contribution in [-0.4, -0.2) is 22.6 Å². The van der Waals surface area contributed by atoms with Gasteiger partial charge in [0.1, 0.15) is 5.82 Å². The molecule has 0 spiro atoms. The monoisotopic (exact) mass is 361 g/mol. The zero-order chi connectivity index (χ0) is 17.1. The third kappa shape index (κ3) is 3.90. The first-order chi connectivity index (χ1) is 11.5. The van der Waals surface area contributed by atoms with E-state index in [2.05, 4.69) is 10.3 Å². The van der Waals surface area contributed by atoms with Crippen molar-refractivity contribution in [2.45, 2.75) is 4.34 Å². The van der Waals surface area contributed by atoms with Crippen molar-refractivity contribution in [3.8, 4) is 0 Å². The van der Waals surface area contributed by atoms with Gasteiger partial charge in [0, 0.05) is 11.3 Å². The summed E-state index contributed by atoms with van der Waals surface area (Å²) in [6.07, 6.45) is 0. The first-order valence-electron chi connectivity index (χ1n) is 6.90. The minimum Gasteiger partial charge on any atom is -0.369 e. The van der Waals surface area contributed by atoms with Gasteiger partial charge >= 0.3 is 0 Å². The van der Waals surface area contributed by atoms with Crippen LogP contribution >= 0.6 is 23.1 Å². The van der Waals surface area contributed by atoms with Crippen molar-refractivity contribution >= 4 is 50.8 Å². The fourth-order valence-electron chi connectivity index (χ4n) is 2.01. The third-order valence-electron chi connectivity index (χ3n) is 3.05. The van der Waals surface area contributed by atoms with Crippen LogP contribution in [0.5, 0.6) is 0 Å². The van der Waals surface area contributed by atoms with Gasteiger partial charge in [0.25, 0.3) is 5.91 Å².